The molecule has 2 aromatic rings. The minimum Gasteiger partial charge on any atom is -0.508 e. The van der Waals surface area contributed by atoms with Crippen LogP contribution in [-0.2, 0) is 0 Å². The van der Waals surface area contributed by atoms with Gasteiger partial charge in [0.05, 0.1) is 11.6 Å². The number of aromatic amines is 1. The number of benzene rings is 1. The summed E-state index contributed by atoms with van der Waals surface area (Å²) in [5, 5.41) is 19.7. The number of hydrogen-bond acceptors (Lipinski definition) is 4. The molecule has 0 spiro atoms. The lowest BCUT2D eigenvalue weighted by atomic mass is 10.2. The van der Waals surface area contributed by atoms with Crippen LogP contribution in [0.5, 0.6) is 17.2 Å². The maximum atomic E-state index is 11.7. The van der Waals surface area contributed by atoms with Crippen molar-refractivity contribution < 1.29 is 14.9 Å². The number of rotatable bonds is 2. The molecule has 0 saturated heterocycles. The lowest BCUT2D eigenvalue weighted by Gasteiger charge is -2.11. The van der Waals surface area contributed by atoms with Crippen LogP contribution in [0.15, 0.2) is 23.0 Å². The Morgan fingerprint density at radius 2 is 2.00 bits per heavy atom. The summed E-state index contributed by atoms with van der Waals surface area (Å²) in [6.07, 6.45) is -0.212. The summed E-state index contributed by atoms with van der Waals surface area (Å²) in [4.78, 5) is 14.2. The molecule has 2 rings (SSSR count). The van der Waals surface area contributed by atoms with E-state index in [1.165, 1.54) is 18.2 Å². The van der Waals surface area contributed by atoms with Crippen molar-refractivity contribution in [1.82, 2.24) is 4.98 Å². The normalized spacial score (nSPS) is 11.0. The first-order chi connectivity index (χ1) is 7.99. The van der Waals surface area contributed by atoms with Crippen LogP contribution in [0.3, 0.4) is 0 Å². The Balaban J connectivity index is 2.72. The van der Waals surface area contributed by atoms with Crippen molar-refractivity contribution in [2.24, 2.45) is 0 Å². The molecule has 0 aliphatic rings. The van der Waals surface area contributed by atoms with Gasteiger partial charge in [-0.05, 0) is 26.0 Å². The molecule has 1 aromatic heterocycles. The first kappa shape index (κ1) is 11.3. The first-order valence-electron chi connectivity index (χ1n) is 5.23. The predicted molar refractivity (Wildman–Crippen MR) is 63.7 cm³/mol. The average molecular weight is 235 g/mol. The van der Waals surface area contributed by atoms with Gasteiger partial charge in [0.2, 0.25) is 5.75 Å². The van der Waals surface area contributed by atoms with Crippen LogP contribution < -0.4 is 10.3 Å². The smallest absolute Gasteiger partial charge is 0.294 e. The molecule has 90 valence electrons. The minimum atomic E-state index is -0.519. The summed E-state index contributed by atoms with van der Waals surface area (Å²) in [6.45, 7) is 3.53. The number of ether oxygens (including phenoxy) is 1. The van der Waals surface area contributed by atoms with Crippen molar-refractivity contribution in [3.8, 4) is 17.2 Å². The topological polar surface area (TPSA) is 82.5 Å². The van der Waals surface area contributed by atoms with Crippen LogP contribution in [0.25, 0.3) is 10.9 Å². The summed E-state index contributed by atoms with van der Waals surface area (Å²) in [7, 11) is 0. The molecule has 0 saturated carbocycles. The third kappa shape index (κ3) is 2.04. The second-order valence-corrected chi connectivity index (χ2v) is 4.03. The molecule has 1 aromatic carbocycles. The lowest BCUT2D eigenvalue weighted by molar-refractivity contribution is 0.229. The Labute approximate surface area is 97.3 Å². The van der Waals surface area contributed by atoms with Crippen molar-refractivity contribution in [1.29, 1.82) is 0 Å². The third-order valence-electron chi connectivity index (χ3n) is 2.28. The van der Waals surface area contributed by atoms with Crippen LogP contribution in [0.1, 0.15) is 13.8 Å². The van der Waals surface area contributed by atoms with Gasteiger partial charge in [-0.2, -0.15) is 0 Å². The van der Waals surface area contributed by atoms with Gasteiger partial charge in [0, 0.05) is 11.5 Å². The van der Waals surface area contributed by atoms with Gasteiger partial charge in [0.15, 0.2) is 5.75 Å². The standard InChI is InChI=1S/C12H13NO4/c1-6(2)17-11-10(15)8-4-3-7(14)5-9(8)13-12(11)16/h3-6,14H,1-2H3,(H2,13,15,16). The minimum absolute atomic E-state index is 0.0186. The van der Waals surface area contributed by atoms with E-state index in [0.29, 0.717) is 10.9 Å². The van der Waals surface area contributed by atoms with E-state index in [1.807, 2.05) is 0 Å². The SMILES string of the molecule is CC(C)Oc1c(O)c2ccc(O)cc2[nH]c1=O. The highest BCUT2D eigenvalue weighted by Crippen LogP contribution is 2.31. The molecule has 0 amide bonds. The second-order valence-electron chi connectivity index (χ2n) is 4.03. The van der Waals surface area contributed by atoms with E-state index in [-0.39, 0.29) is 23.4 Å². The Kier molecular flexibility index (Phi) is 2.67. The van der Waals surface area contributed by atoms with Gasteiger partial charge < -0.3 is 19.9 Å². The lowest BCUT2D eigenvalue weighted by Crippen LogP contribution is -2.16. The van der Waals surface area contributed by atoms with E-state index in [9.17, 15) is 15.0 Å². The number of hydrogen-bond donors (Lipinski definition) is 3. The van der Waals surface area contributed by atoms with Crippen LogP contribution >= 0.6 is 0 Å². The van der Waals surface area contributed by atoms with Gasteiger partial charge in [-0.1, -0.05) is 0 Å². The van der Waals surface area contributed by atoms with Gasteiger partial charge in [0.25, 0.3) is 5.56 Å². The largest absolute Gasteiger partial charge is 0.508 e. The van der Waals surface area contributed by atoms with Gasteiger partial charge in [-0.3, -0.25) is 4.79 Å². The van der Waals surface area contributed by atoms with E-state index in [4.69, 9.17) is 4.74 Å². The molecule has 1 heterocycles. The Bertz CT molecular complexity index is 616. The summed E-state index contributed by atoms with van der Waals surface area (Å²) in [5.74, 6) is -0.291. The van der Waals surface area contributed by atoms with Gasteiger partial charge in [0.1, 0.15) is 5.75 Å². The molecule has 0 unspecified atom stereocenters. The highest BCUT2D eigenvalue weighted by atomic mass is 16.5. The van der Waals surface area contributed by atoms with Crippen molar-refractivity contribution in [2.45, 2.75) is 20.0 Å². The maximum Gasteiger partial charge on any atom is 0.294 e. The number of nitrogens with one attached hydrogen (secondary N) is 1. The number of phenolic OH excluding ortho intramolecular Hbond substituents is 1. The van der Waals surface area contributed by atoms with Gasteiger partial charge in [-0.15, -0.1) is 0 Å². The molecular formula is C12H13NO4. The molecule has 0 bridgehead atoms. The average Bonchev–Trinajstić information content (AvgIpc) is 2.23. The summed E-state index contributed by atoms with van der Waals surface area (Å²) >= 11 is 0. The number of H-pyrrole nitrogens is 1. The molecule has 0 aliphatic carbocycles. The molecule has 5 heteroatoms. The van der Waals surface area contributed by atoms with Crippen molar-refractivity contribution in [3.63, 3.8) is 0 Å². The van der Waals surface area contributed by atoms with Crippen LogP contribution in [0.4, 0.5) is 0 Å². The maximum absolute atomic E-state index is 11.7. The zero-order valence-electron chi connectivity index (χ0n) is 9.52. The zero-order chi connectivity index (χ0) is 12.6. The fourth-order valence-corrected chi connectivity index (χ4v) is 1.60. The summed E-state index contributed by atoms with van der Waals surface area (Å²) in [5.41, 5.74) is -0.155. The molecule has 0 fully saturated rings. The zero-order valence-corrected chi connectivity index (χ0v) is 9.52. The molecular weight excluding hydrogens is 222 g/mol. The fourth-order valence-electron chi connectivity index (χ4n) is 1.60. The van der Waals surface area contributed by atoms with Crippen LogP contribution in [-0.4, -0.2) is 21.3 Å². The molecule has 3 N–H and O–H groups in total. The monoisotopic (exact) mass is 235 g/mol. The molecule has 5 nitrogen and oxygen atoms in total. The number of aromatic nitrogens is 1. The Morgan fingerprint density at radius 1 is 1.29 bits per heavy atom. The Morgan fingerprint density at radius 3 is 2.65 bits per heavy atom. The highest BCUT2D eigenvalue weighted by molar-refractivity contribution is 5.87. The number of phenols is 1. The van der Waals surface area contributed by atoms with Gasteiger partial charge in [-0.25, -0.2) is 0 Å². The summed E-state index contributed by atoms with van der Waals surface area (Å²) in [6, 6.07) is 4.32. The van der Waals surface area contributed by atoms with Crippen LogP contribution in [0.2, 0.25) is 0 Å². The second kappa shape index (κ2) is 4.01. The van der Waals surface area contributed by atoms with Crippen molar-refractivity contribution in [2.75, 3.05) is 0 Å². The molecule has 0 atom stereocenters. The Hall–Kier alpha value is -2.17. The highest BCUT2D eigenvalue weighted by Gasteiger charge is 2.14. The van der Waals surface area contributed by atoms with E-state index >= 15 is 0 Å². The molecule has 17 heavy (non-hydrogen) atoms. The molecule has 0 radical (unpaired) electrons. The van der Waals surface area contributed by atoms with Crippen molar-refractivity contribution in [3.05, 3.63) is 28.6 Å². The fraction of sp³-hybridized carbons (Fsp3) is 0.250. The van der Waals surface area contributed by atoms with E-state index < -0.39 is 5.56 Å². The first-order valence-corrected chi connectivity index (χ1v) is 5.23. The number of aromatic hydroxyl groups is 2. The van der Waals surface area contributed by atoms with Crippen LogP contribution in [0, 0.1) is 0 Å². The van der Waals surface area contributed by atoms with E-state index in [2.05, 4.69) is 4.98 Å². The molecule has 0 aliphatic heterocycles. The van der Waals surface area contributed by atoms with Gasteiger partial charge >= 0.3 is 0 Å². The number of fused-ring (bicyclic) bond motifs is 1. The third-order valence-corrected chi connectivity index (χ3v) is 2.28. The predicted octanol–water partition coefficient (Wildman–Crippen LogP) is 1.73. The van der Waals surface area contributed by atoms with E-state index in [1.54, 1.807) is 13.8 Å². The quantitative estimate of drug-likeness (QED) is 0.740. The van der Waals surface area contributed by atoms with E-state index in [0.717, 1.165) is 0 Å². The number of pyridine rings is 1. The van der Waals surface area contributed by atoms with Crippen molar-refractivity contribution >= 4 is 10.9 Å². The summed E-state index contributed by atoms with van der Waals surface area (Å²) < 4.78 is 5.26.